The van der Waals surface area contributed by atoms with E-state index in [0.717, 1.165) is 11.1 Å². The summed E-state index contributed by atoms with van der Waals surface area (Å²) in [5.41, 5.74) is 7.58. The number of hydrogen-bond donors (Lipinski definition) is 2. The minimum Gasteiger partial charge on any atom is -0.490 e. The van der Waals surface area contributed by atoms with Crippen molar-refractivity contribution in [2.45, 2.75) is 13.5 Å². The van der Waals surface area contributed by atoms with Crippen molar-refractivity contribution < 1.29 is 19.1 Å². The molecule has 4 aromatic rings. The number of carbonyl (C=O) groups excluding carboxylic acids is 2. The van der Waals surface area contributed by atoms with Crippen molar-refractivity contribution in [1.29, 1.82) is 0 Å². The van der Waals surface area contributed by atoms with Gasteiger partial charge in [0.15, 0.2) is 18.1 Å². The van der Waals surface area contributed by atoms with Crippen molar-refractivity contribution in [3.63, 3.8) is 0 Å². The molecule has 0 aliphatic heterocycles. The first-order valence-corrected chi connectivity index (χ1v) is 11.2. The molecule has 0 unspecified atom stereocenters. The van der Waals surface area contributed by atoms with Crippen LogP contribution in [-0.2, 0) is 11.3 Å². The number of para-hydroxylation sites is 2. The molecular weight excluding hydrogens is 444 g/mol. The number of hydrazine groups is 1. The van der Waals surface area contributed by atoms with E-state index in [4.69, 9.17) is 9.47 Å². The van der Waals surface area contributed by atoms with Gasteiger partial charge in [-0.15, -0.1) is 0 Å². The molecule has 0 saturated heterocycles. The highest BCUT2D eigenvalue weighted by molar-refractivity contribution is 6.00. The second-order valence-corrected chi connectivity index (χ2v) is 7.61. The molecule has 35 heavy (non-hydrogen) atoms. The molecule has 2 N–H and O–H groups in total. The number of amides is 2. The average Bonchev–Trinajstić information content (AvgIpc) is 3.32. The Hall–Kier alpha value is -4.59. The highest BCUT2D eigenvalue weighted by atomic mass is 16.5. The van der Waals surface area contributed by atoms with Crippen LogP contribution in [0.2, 0.25) is 0 Å². The SMILES string of the molecule is CCOc1ccccc1OCC(=O)NNC(=O)c1cn(Cc2ccccc2)nc1-c1ccccc1. The van der Waals surface area contributed by atoms with Crippen molar-refractivity contribution in [2.75, 3.05) is 13.2 Å². The van der Waals surface area contributed by atoms with Crippen molar-refractivity contribution in [2.24, 2.45) is 0 Å². The first kappa shape index (κ1) is 23.6. The zero-order valence-corrected chi connectivity index (χ0v) is 19.3. The van der Waals surface area contributed by atoms with Crippen LogP contribution in [0.15, 0.2) is 91.1 Å². The molecule has 178 valence electrons. The molecule has 0 saturated carbocycles. The van der Waals surface area contributed by atoms with Gasteiger partial charge in [-0.1, -0.05) is 72.8 Å². The molecule has 0 radical (unpaired) electrons. The van der Waals surface area contributed by atoms with E-state index in [9.17, 15) is 9.59 Å². The second-order valence-electron chi connectivity index (χ2n) is 7.61. The van der Waals surface area contributed by atoms with Crippen LogP contribution < -0.4 is 20.3 Å². The second kappa shape index (κ2) is 11.5. The molecule has 0 bridgehead atoms. The summed E-state index contributed by atoms with van der Waals surface area (Å²) in [6, 6.07) is 26.3. The van der Waals surface area contributed by atoms with Crippen LogP contribution >= 0.6 is 0 Å². The van der Waals surface area contributed by atoms with Gasteiger partial charge in [0.05, 0.1) is 18.7 Å². The number of hydrogen-bond acceptors (Lipinski definition) is 5. The molecule has 0 aliphatic carbocycles. The molecule has 0 fully saturated rings. The molecular formula is C27H26N4O4. The number of aromatic nitrogens is 2. The van der Waals surface area contributed by atoms with Crippen LogP contribution in [0, 0.1) is 0 Å². The zero-order chi connectivity index (χ0) is 24.5. The fraction of sp³-hybridized carbons (Fsp3) is 0.148. The van der Waals surface area contributed by atoms with E-state index in [1.165, 1.54) is 0 Å². The fourth-order valence-corrected chi connectivity index (χ4v) is 3.47. The van der Waals surface area contributed by atoms with Gasteiger partial charge >= 0.3 is 0 Å². The third-order valence-corrected chi connectivity index (χ3v) is 5.06. The minimum absolute atomic E-state index is 0.289. The minimum atomic E-state index is -0.511. The summed E-state index contributed by atoms with van der Waals surface area (Å²) in [5, 5.41) is 4.63. The molecule has 0 aliphatic rings. The standard InChI is InChI=1S/C27H26N4O4/c1-2-34-23-15-9-10-16-24(23)35-19-25(32)28-29-27(33)22-18-31(17-20-11-5-3-6-12-20)30-26(22)21-13-7-4-8-14-21/h3-16,18H,2,17,19H2,1H3,(H,28,32)(H,29,33). The fourth-order valence-electron chi connectivity index (χ4n) is 3.47. The highest BCUT2D eigenvalue weighted by Gasteiger charge is 2.19. The van der Waals surface area contributed by atoms with E-state index in [2.05, 4.69) is 16.0 Å². The van der Waals surface area contributed by atoms with Crippen molar-refractivity contribution >= 4 is 11.8 Å². The molecule has 4 rings (SSSR count). The van der Waals surface area contributed by atoms with Crippen molar-refractivity contribution in [3.05, 3.63) is 102 Å². The Morgan fingerprint density at radius 2 is 1.46 bits per heavy atom. The van der Waals surface area contributed by atoms with Crippen molar-refractivity contribution in [3.8, 4) is 22.8 Å². The number of ether oxygens (including phenoxy) is 2. The lowest BCUT2D eigenvalue weighted by Gasteiger charge is -2.12. The van der Waals surface area contributed by atoms with Crippen LogP contribution in [0.25, 0.3) is 11.3 Å². The van der Waals surface area contributed by atoms with Gasteiger partial charge in [0.2, 0.25) is 0 Å². The average molecular weight is 471 g/mol. The smallest absolute Gasteiger partial charge is 0.276 e. The molecule has 0 spiro atoms. The van der Waals surface area contributed by atoms with E-state index in [0.29, 0.717) is 35.9 Å². The Bertz CT molecular complexity index is 1270. The van der Waals surface area contributed by atoms with E-state index in [1.807, 2.05) is 73.7 Å². The summed E-state index contributed by atoms with van der Waals surface area (Å²) in [5.74, 6) is 0.00312. The van der Waals surface area contributed by atoms with Crippen LogP contribution in [-0.4, -0.2) is 34.8 Å². The summed E-state index contributed by atoms with van der Waals surface area (Å²) in [4.78, 5) is 25.3. The number of nitrogens with one attached hydrogen (secondary N) is 2. The van der Waals surface area contributed by atoms with Gasteiger partial charge in [0.25, 0.3) is 11.8 Å². The Kier molecular flexibility index (Phi) is 7.75. The normalized spacial score (nSPS) is 10.4. The molecule has 2 amide bonds. The maximum Gasteiger partial charge on any atom is 0.276 e. The molecule has 3 aromatic carbocycles. The molecule has 8 heteroatoms. The lowest BCUT2D eigenvalue weighted by Crippen LogP contribution is -2.43. The first-order chi connectivity index (χ1) is 17.1. The molecule has 8 nitrogen and oxygen atoms in total. The Morgan fingerprint density at radius 3 is 2.14 bits per heavy atom. The van der Waals surface area contributed by atoms with Gasteiger partial charge in [-0.3, -0.25) is 25.1 Å². The summed E-state index contributed by atoms with van der Waals surface area (Å²) >= 11 is 0. The topological polar surface area (TPSA) is 94.5 Å². The lowest BCUT2D eigenvalue weighted by molar-refractivity contribution is -0.123. The lowest BCUT2D eigenvalue weighted by atomic mass is 10.1. The largest absolute Gasteiger partial charge is 0.490 e. The van der Waals surface area contributed by atoms with Crippen LogP contribution in [0.3, 0.4) is 0 Å². The van der Waals surface area contributed by atoms with Gasteiger partial charge in [-0.2, -0.15) is 5.10 Å². The van der Waals surface area contributed by atoms with E-state index >= 15 is 0 Å². The van der Waals surface area contributed by atoms with Gasteiger partial charge in [-0.05, 0) is 24.6 Å². The third-order valence-electron chi connectivity index (χ3n) is 5.06. The van der Waals surface area contributed by atoms with E-state index < -0.39 is 11.8 Å². The van der Waals surface area contributed by atoms with E-state index in [-0.39, 0.29) is 6.61 Å². The third kappa shape index (κ3) is 6.26. The van der Waals surface area contributed by atoms with Crippen LogP contribution in [0.1, 0.15) is 22.8 Å². The van der Waals surface area contributed by atoms with Gasteiger partial charge < -0.3 is 9.47 Å². The summed E-state index contributed by atoms with van der Waals surface area (Å²) in [6.07, 6.45) is 1.67. The summed E-state index contributed by atoms with van der Waals surface area (Å²) in [6.45, 7) is 2.56. The Balaban J connectivity index is 1.43. The molecule has 1 aromatic heterocycles. The number of carbonyl (C=O) groups is 2. The Morgan fingerprint density at radius 1 is 0.829 bits per heavy atom. The van der Waals surface area contributed by atoms with Gasteiger partial charge in [-0.25, -0.2) is 0 Å². The molecule has 0 atom stereocenters. The van der Waals surface area contributed by atoms with Crippen molar-refractivity contribution in [1.82, 2.24) is 20.6 Å². The first-order valence-electron chi connectivity index (χ1n) is 11.2. The zero-order valence-electron chi connectivity index (χ0n) is 19.3. The van der Waals surface area contributed by atoms with Gasteiger partial charge in [0, 0.05) is 11.8 Å². The maximum atomic E-state index is 13.0. The summed E-state index contributed by atoms with van der Waals surface area (Å²) in [7, 11) is 0. The predicted octanol–water partition coefficient (Wildman–Crippen LogP) is 3.84. The van der Waals surface area contributed by atoms with E-state index in [1.54, 1.807) is 29.1 Å². The summed E-state index contributed by atoms with van der Waals surface area (Å²) < 4.78 is 12.7. The quantitative estimate of drug-likeness (QED) is 0.363. The monoisotopic (exact) mass is 470 g/mol. The maximum absolute atomic E-state index is 13.0. The number of benzene rings is 3. The number of nitrogens with zero attached hydrogens (tertiary/aromatic N) is 2. The molecule has 1 heterocycles. The van der Waals surface area contributed by atoms with Gasteiger partial charge in [0.1, 0.15) is 5.69 Å². The van der Waals surface area contributed by atoms with Crippen LogP contribution in [0.4, 0.5) is 0 Å². The highest BCUT2D eigenvalue weighted by Crippen LogP contribution is 2.26. The Labute approximate surface area is 203 Å². The number of rotatable bonds is 9. The predicted molar refractivity (Wildman–Crippen MR) is 132 cm³/mol. The van der Waals surface area contributed by atoms with Crippen LogP contribution in [0.5, 0.6) is 11.5 Å².